The first-order chi connectivity index (χ1) is 12.8. The van der Waals surface area contributed by atoms with E-state index in [1.165, 1.54) is 44.5 Å². The molecule has 0 unspecified atom stereocenters. The fraction of sp³-hybridized carbons (Fsp3) is 0.0400. The van der Waals surface area contributed by atoms with E-state index in [1.54, 1.807) is 0 Å². The summed E-state index contributed by atoms with van der Waals surface area (Å²) in [5.41, 5.74) is 17.6. The van der Waals surface area contributed by atoms with E-state index in [9.17, 15) is 0 Å². The van der Waals surface area contributed by atoms with E-state index in [-0.39, 0.29) is 5.41 Å². The average Bonchev–Trinajstić information content (AvgIpc) is 3.16. The lowest BCUT2D eigenvalue weighted by atomic mass is 9.70. The molecule has 6 rings (SSSR count). The highest BCUT2D eigenvalue weighted by Crippen LogP contribution is 2.63. The molecule has 0 saturated heterocycles. The fourth-order valence-corrected chi connectivity index (χ4v) is 5.19. The monoisotopic (exact) mass is 331 g/mol. The van der Waals surface area contributed by atoms with Gasteiger partial charge in [0.25, 0.3) is 0 Å². The topological polar surface area (TPSA) is 26.0 Å². The van der Waals surface area contributed by atoms with Crippen LogP contribution >= 0.6 is 0 Å². The molecule has 2 aliphatic rings. The molecule has 0 bridgehead atoms. The van der Waals surface area contributed by atoms with E-state index in [4.69, 9.17) is 5.73 Å². The minimum absolute atomic E-state index is 0.315. The van der Waals surface area contributed by atoms with Crippen molar-refractivity contribution < 1.29 is 0 Å². The van der Waals surface area contributed by atoms with Crippen molar-refractivity contribution in [3.8, 4) is 22.3 Å². The van der Waals surface area contributed by atoms with E-state index >= 15 is 0 Å². The summed E-state index contributed by atoms with van der Waals surface area (Å²) >= 11 is 0. The van der Waals surface area contributed by atoms with Gasteiger partial charge in [-0.1, -0.05) is 84.9 Å². The largest absolute Gasteiger partial charge is 0.398 e. The lowest BCUT2D eigenvalue weighted by Crippen LogP contribution is -2.26. The molecule has 4 aromatic rings. The second kappa shape index (κ2) is 4.64. The van der Waals surface area contributed by atoms with Crippen molar-refractivity contribution in [2.45, 2.75) is 5.41 Å². The van der Waals surface area contributed by atoms with Gasteiger partial charge in [0.1, 0.15) is 0 Å². The SMILES string of the molecule is Nc1cccc2c1C1(c3ccccc3-c3ccccc31)c1ccccc1-2. The molecule has 0 saturated carbocycles. The maximum Gasteiger partial charge on any atom is 0.0745 e. The van der Waals surface area contributed by atoms with E-state index < -0.39 is 0 Å². The van der Waals surface area contributed by atoms with Crippen molar-refractivity contribution in [2.75, 3.05) is 5.73 Å². The molecule has 0 heterocycles. The van der Waals surface area contributed by atoms with E-state index in [1.807, 2.05) is 6.07 Å². The van der Waals surface area contributed by atoms with E-state index in [0.717, 1.165) is 5.69 Å². The molecule has 0 atom stereocenters. The van der Waals surface area contributed by atoms with Gasteiger partial charge in [0.15, 0.2) is 0 Å². The Morgan fingerprint density at radius 1 is 0.462 bits per heavy atom. The Hall–Kier alpha value is -3.32. The summed E-state index contributed by atoms with van der Waals surface area (Å²) in [5, 5.41) is 0. The normalized spacial score (nSPS) is 14.6. The first-order valence-corrected chi connectivity index (χ1v) is 9.01. The van der Waals surface area contributed by atoms with Gasteiger partial charge in [0.2, 0.25) is 0 Å². The molecule has 0 fully saturated rings. The van der Waals surface area contributed by atoms with Gasteiger partial charge >= 0.3 is 0 Å². The van der Waals surface area contributed by atoms with E-state index in [2.05, 4.69) is 84.9 Å². The minimum Gasteiger partial charge on any atom is -0.398 e. The second-order valence-corrected chi connectivity index (χ2v) is 7.16. The van der Waals surface area contributed by atoms with Crippen LogP contribution in [0.3, 0.4) is 0 Å². The summed E-state index contributed by atoms with van der Waals surface area (Å²) in [6.07, 6.45) is 0. The second-order valence-electron chi connectivity index (χ2n) is 7.16. The molecule has 2 N–H and O–H groups in total. The predicted octanol–water partition coefficient (Wildman–Crippen LogP) is 5.61. The maximum absolute atomic E-state index is 6.62. The molecule has 122 valence electrons. The third-order valence-electron chi connectivity index (χ3n) is 6.05. The van der Waals surface area contributed by atoms with Crippen LogP contribution in [0.25, 0.3) is 22.3 Å². The molecule has 4 aromatic carbocycles. The smallest absolute Gasteiger partial charge is 0.0745 e. The molecule has 0 aliphatic heterocycles. The first kappa shape index (κ1) is 13.9. The summed E-state index contributed by atoms with van der Waals surface area (Å²) < 4.78 is 0. The molecule has 1 nitrogen and oxygen atoms in total. The summed E-state index contributed by atoms with van der Waals surface area (Å²) in [5.74, 6) is 0. The van der Waals surface area contributed by atoms with Crippen LogP contribution in [0.4, 0.5) is 5.69 Å². The lowest BCUT2D eigenvalue weighted by Gasteiger charge is -2.31. The van der Waals surface area contributed by atoms with Crippen molar-refractivity contribution in [3.63, 3.8) is 0 Å². The van der Waals surface area contributed by atoms with Gasteiger partial charge in [-0.05, 0) is 45.0 Å². The van der Waals surface area contributed by atoms with Crippen LogP contribution < -0.4 is 5.73 Å². The van der Waals surface area contributed by atoms with Crippen molar-refractivity contribution in [1.29, 1.82) is 0 Å². The van der Waals surface area contributed by atoms with E-state index in [0.29, 0.717) is 0 Å². The molecular formula is C25H17N. The standard InChI is InChI=1S/C25H17N/c26-23-15-7-11-19-18-10-3-6-14-22(18)25(24(19)23)20-12-4-1-8-16(20)17-9-2-5-13-21(17)25/h1-15H,26H2. The Bertz CT molecular complexity index is 1140. The summed E-state index contributed by atoms with van der Waals surface area (Å²) in [7, 11) is 0. The van der Waals surface area contributed by atoms with Gasteiger partial charge in [0.05, 0.1) is 5.41 Å². The fourth-order valence-electron chi connectivity index (χ4n) is 5.19. The number of anilines is 1. The molecular weight excluding hydrogens is 314 g/mol. The number of nitrogen functional groups attached to an aromatic ring is 1. The van der Waals surface area contributed by atoms with Crippen molar-refractivity contribution in [1.82, 2.24) is 0 Å². The Balaban J connectivity index is 1.90. The van der Waals surface area contributed by atoms with Gasteiger partial charge in [-0.25, -0.2) is 0 Å². The molecule has 1 heteroatoms. The first-order valence-electron chi connectivity index (χ1n) is 9.01. The average molecular weight is 331 g/mol. The van der Waals surface area contributed by atoms with Crippen molar-refractivity contribution in [2.24, 2.45) is 0 Å². The number of fused-ring (bicyclic) bond motifs is 10. The quantitative estimate of drug-likeness (QED) is 0.360. The Kier molecular flexibility index (Phi) is 2.49. The highest BCUT2D eigenvalue weighted by molar-refractivity contribution is 5.97. The molecule has 1 spiro atoms. The van der Waals surface area contributed by atoms with Crippen LogP contribution in [-0.4, -0.2) is 0 Å². The number of hydrogen-bond acceptors (Lipinski definition) is 1. The highest BCUT2D eigenvalue weighted by Gasteiger charge is 2.52. The number of nitrogens with two attached hydrogens (primary N) is 1. The Labute approximate surface area is 152 Å². The van der Waals surface area contributed by atoms with Crippen LogP contribution in [0.1, 0.15) is 22.3 Å². The van der Waals surface area contributed by atoms with Gasteiger partial charge in [-0.2, -0.15) is 0 Å². The molecule has 2 aliphatic carbocycles. The highest BCUT2D eigenvalue weighted by atomic mass is 14.6. The van der Waals surface area contributed by atoms with Crippen LogP contribution in [0.2, 0.25) is 0 Å². The summed E-state index contributed by atoms with van der Waals surface area (Å²) in [6.45, 7) is 0. The lowest BCUT2D eigenvalue weighted by molar-refractivity contribution is 0.796. The maximum atomic E-state index is 6.62. The van der Waals surface area contributed by atoms with Gasteiger partial charge in [0, 0.05) is 11.3 Å². The van der Waals surface area contributed by atoms with Crippen LogP contribution in [0, 0.1) is 0 Å². The van der Waals surface area contributed by atoms with Crippen LogP contribution in [-0.2, 0) is 5.41 Å². The number of rotatable bonds is 0. The van der Waals surface area contributed by atoms with Crippen LogP contribution in [0.5, 0.6) is 0 Å². The summed E-state index contributed by atoms with van der Waals surface area (Å²) in [6, 6.07) is 32.7. The third-order valence-corrected chi connectivity index (χ3v) is 6.05. The molecule has 0 amide bonds. The Morgan fingerprint density at radius 3 is 1.42 bits per heavy atom. The molecule has 0 aromatic heterocycles. The molecule has 26 heavy (non-hydrogen) atoms. The zero-order chi connectivity index (χ0) is 17.3. The number of benzene rings is 4. The molecule has 0 radical (unpaired) electrons. The summed E-state index contributed by atoms with van der Waals surface area (Å²) in [4.78, 5) is 0. The van der Waals surface area contributed by atoms with Crippen molar-refractivity contribution >= 4 is 5.69 Å². The minimum atomic E-state index is -0.315. The Morgan fingerprint density at radius 2 is 0.885 bits per heavy atom. The third kappa shape index (κ3) is 1.40. The van der Waals surface area contributed by atoms with Gasteiger partial charge in [-0.3, -0.25) is 0 Å². The zero-order valence-corrected chi connectivity index (χ0v) is 14.2. The van der Waals surface area contributed by atoms with Crippen LogP contribution in [0.15, 0.2) is 91.0 Å². The van der Waals surface area contributed by atoms with Gasteiger partial charge in [-0.15, -0.1) is 0 Å². The predicted molar refractivity (Wildman–Crippen MR) is 107 cm³/mol. The zero-order valence-electron chi connectivity index (χ0n) is 14.2. The number of hydrogen-bond donors (Lipinski definition) is 1. The van der Waals surface area contributed by atoms with Gasteiger partial charge < -0.3 is 5.73 Å². The van der Waals surface area contributed by atoms with Crippen molar-refractivity contribution in [3.05, 3.63) is 113 Å².